The second kappa shape index (κ2) is 7.13. The summed E-state index contributed by atoms with van der Waals surface area (Å²) in [6.07, 6.45) is 1.45. The van der Waals surface area contributed by atoms with Crippen LogP contribution in [0, 0.1) is 11.8 Å². The summed E-state index contributed by atoms with van der Waals surface area (Å²) in [7, 11) is 0. The molecule has 2 aliphatic heterocycles. The molecule has 7 nitrogen and oxygen atoms in total. The number of anilines is 1. The zero-order valence-electron chi connectivity index (χ0n) is 14.2. The van der Waals surface area contributed by atoms with Crippen LogP contribution in [-0.2, 0) is 14.4 Å². The van der Waals surface area contributed by atoms with Gasteiger partial charge in [-0.1, -0.05) is 6.92 Å². The molecule has 0 bridgehead atoms. The number of nitrogens with zero attached hydrogens (tertiary/aromatic N) is 2. The van der Waals surface area contributed by atoms with Gasteiger partial charge in [-0.05, 0) is 36.6 Å². The van der Waals surface area contributed by atoms with Crippen molar-refractivity contribution in [1.82, 2.24) is 4.90 Å². The molecular weight excluding hydrogens is 324 g/mol. The first-order chi connectivity index (χ1) is 12.0. The van der Waals surface area contributed by atoms with Crippen LogP contribution >= 0.6 is 0 Å². The van der Waals surface area contributed by atoms with E-state index in [0.717, 1.165) is 18.7 Å². The summed E-state index contributed by atoms with van der Waals surface area (Å²) in [5, 5.41) is 9.13. The Morgan fingerprint density at radius 2 is 1.96 bits per heavy atom. The average Bonchev–Trinajstić information content (AvgIpc) is 3.19. The van der Waals surface area contributed by atoms with Crippen LogP contribution in [0.1, 0.15) is 19.8 Å². The van der Waals surface area contributed by atoms with Crippen molar-refractivity contribution in [3.05, 3.63) is 24.3 Å². The molecule has 2 atom stereocenters. The summed E-state index contributed by atoms with van der Waals surface area (Å²) < 4.78 is 5.51. The third kappa shape index (κ3) is 3.75. The van der Waals surface area contributed by atoms with Gasteiger partial charge in [0.2, 0.25) is 5.91 Å². The molecule has 2 fully saturated rings. The molecule has 0 unspecified atom stereocenters. The summed E-state index contributed by atoms with van der Waals surface area (Å²) in [4.78, 5) is 38.3. The van der Waals surface area contributed by atoms with Gasteiger partial charge in [0.05, 0.1) is 5.92 Å². The van der Waals surface area contributed by atoms with E-state index in [9.17, 15) is 14.4 Å². The summed E-state index contributed by atoms with van der Waals surface area (Å²) in [6, 6.07) is 7.09. The number of aliphatic carboxylic acids is 1. The Morgan fingerprint density at radius 3 is 2.52 bits per heavy atom. The predicted octanol–water partition coefficient (Wildman–Crippen LogP) is 1.37. The molecular formula is C18H22N2O5. The fraction of sp³-hybridized carbons (Fsp3) is 0.500. The summed E-state index contributed by atoms with van der Waals surface area (Å²) in [5.74, 6) is -0.976. The standard InChI is InChI=1S/C18H22N2O5/c1-12-9-19(10-15(12)18(23)24)17(22)11-25-14-6-4-13(5-7-14)20-8-2-3-16(20)21/h4-7,12,15H,2-3,8-11H2,1H3,(H,23,24)/t12-,15-/m1/s1. The minimum Gasteiger partial charge on any atom is -0.484 e. The van der Waals surface area contributed by atoms with Crippen molar-refractivity contribution in [2.45, 2.75) is 19.8 Å². The molecule has 0 spiro atoms. The fourth-order valence-corrected chi connectivity index (χ4v) is 3.37. The van der Waals surface area contributed by atoms with Crippen molar-refractivity contribution < 1.29 is 24.2 Å². The van der Waals surface area contributed by atoms with Crippen LogP contribution in [0.5, 0.6) is 5.75 Å². The molecule has 2 amide bonds. The number of hydrogen-bond donors (Lipinski definition) is 1. The molecule has 25 heavy (non-hydrogen) atoms. The van der Waals surface area contributed by atoms with Crippen molar-refractivity contribution in [2.75, 3.05) is 31.1 Å². The van der Waals surface area contributed by atoms with Crippen LogP contribution in [0.2, 0.25) is 0 Å². The largest absolute Gasteiger partial charge is 0.484 e. The number of carboxylic acid groups (broad SMARTS) is 1. The number of ether oxygens (including phenoxy) is 1. The van der Waals surface area contributed by atoms with Crippen LogP contribution in [0.25, 0.3) is 0 Å². The second-order valence-electron chi connectivity index (χ2n) is 6.65. The van der Waals surface area contributed by atoms with Crippen LogP contribution in [0.15, 0.2) is 24.3 Å². The molecule has 0 aromatic heterocycles. The van der Waals surface area contributed by atoms with Gasteiger partial charge in [-0.15, -0.1) is 0 Å². The van der Waals surface area contributed by atoms with Gasteiger partial charge < -0.3 is 19.6 Å². The Labute approximate surface area is 146 Å². The normalized spacial score (nSPS) is 23.2. The fourth-order valence-electron chi connectivity index (χ4n) is 3.37. The Morgan fingerprint density at radius 1 is 1.24 bits per heavy atom. The molecule has 7 heteroatoms. The number of carbonyl (C=O) groups excluding carboxylic acids is 2. The van der Waals surface area contributed by atoms with Gasteiger partial charge in [0.15, 0.2) is 6.61 Å². The molecule has 2 aliphatic rings. The average molecular weight is 346 g/mol. The van der Waals surface area contributed by atoms with Gasteiger partial charge in [0, 0.05) is 31.7 Å². The maximum Gasteiger partial charge on any atom is 0.308 e. The first-order valence-corrected chi connectivity index (χ1v) is 8.49. The molecule has 3 rings (SSSR count). The van der Waals surface area contributed by atoms with E-state index in [2.05, 4.69) is 0 Å². The van der Waals surface area contributed by atoms with Crippen LogP contribution < -0.4 is 9.64 Å². The van der Waals surface area contributed by atoms with Gasteiger partial charge in [0.1, 0.15) is 5.75 Å². The van der Waals surface area contributed by atoms with Gasteiger partial charge in [-0.3, -0.25) is 14.4 Å². The highest BCUT2D eigenvalue weighted by Gasteiger charge is 2.36. The van der Waals surface area contributed by atoms with E-state index in [0.29, 0.717) is 18.7 Å². The van der Waals surface area contributed by atoms with Crippen molar-refractivity contribution in [3.63, 3.8) is 0 Å². The zero-order valence-corrected chi connectivity index (χ0v) is 14.2. The van der Waals surface area contributed by atoms with E-state index in [1.165, 1.54) is 0 Å². The lowest BCUT2D eigenvalue weighted by atomic mass is 9.99. The molecule has 2 heterocycles. The SMILES string of the molecule is C[C@@H]1CN(C(=O)COc2ccc(N3CCCC3=O)cc2)C[C@H]1C(=O)O. The van der Waals surface area contributed by atoms with Crippen molar-refractivity contribution >= 4 is 23.5 Å². The quantitative estimate of drug-likeness (QED) is 0.870. The van der Waals surface area contributed by atoms with E-state index >= 15 is 0 Å². The Bertz CT molecular complexity index is 673. The highest BCUT2D eigenvalue weighted by Crippen LogP contribution is 2.25. The maximum atomic E-state index is 12.2. The Hall–Kier alpha value is -2.57. The van der Waals surface area contributed by atoms with E-state index in [-0.39, 0.29) is 30.9 Å². The maximum absolute atomic E-state index is 12.2. The molecule has 134 valence electrons. The summed E-state index contributed by atoms with van der Waals surface area (Å²) in [5.41, 5.74) is 0.832. The van der Waals surface area contributed by atoms with Crippen molar-refractivity contribution in [1.29, 1.82) is 0 Å². The van der Waals surface area contributed by atoms with Crippen LogP contribution in [0.4, 0.5) is 5.69 Å². The molecule has 2 saturated heterocycles. The number of amides is 2. The van der Waals surface area contributed by atoms with Gasteiger partial charge in [-0.25, -0.2) is 0 Å². The lowest BCUT2D eigenvalue weighted by molar-refractivity contribution is -0.142. The van der Waals surface area contributed by atoms with E-state index in [4.69, 9.17) is 9.84 Å². The molecule has 0 aliphatic carbocycles. The minimum atomic E-state index is -0.865. The smallest absolute Gasteiger partial charge is 0.308 e. The second-order valence-corrected chi connectivity index (χ2v) is 6.65. The third-order valence-electron chi connectivity index (χ3n) is 4.87. The first kappa shape index (κ1) is 17.3. The van der Waals surface area contributed by atoms with Crippen molar-refractivity contribution in [2.24, 2.45) is 11.8 Å². The third-order valence-corrected chi connectivity index (χ3v) is 4.87. The van der Waals surface area contributed by atoms with Crippen molar-refractivity contribution in [3.8, 4) is 5.75 Å². The molecule has 1 aromatic rings. The van der Waals surface area contributed by atoms with Crippen LogP contribution in [0.3, 0.4) is 0 Å². The molecule has 0 radical (unpaired) electrons. The van der Waals surface area contributed by atoms with Gasteiger partial charge >= 0.3 is 5.97 Å². The highest BCUT2D eigenvalue weighted by molar-refractivity contribution is 5.95. The molecule has 0 saturated carbocycles. The molecule has 1 aromatic carbocycles. The zero-order chi connectivity index (χ0) is 18.0. The number of carbonyl (C=O) groups is 3. The number of likely N-dealkylation sites (tertiary alicyclic amines) is 1. The van der Waals surface area contributed by atoms with Gasteiger partial charge in [-0.2, -0.15) is 0 Å². The monoisotopic (exact) mass is 346 g/mol. The minimum absolute atomic E-state index is 0.0567. The number of carboxylic acids is 1. The summed E-state index contributed by atoms with van der Waals surface area (Å²) in [6.45, 7) is 3.12. The topological polar surface area (TPSA) is 87.2 Å². The van der Waals surface area contributed by atoms with Crippen LogP contribution in [-0.4, -0.2) is 54.0 Å². The predicted molar refractivity (Wildman–Crippen MR) is 90.4 cm³/mol. The van der Waals surface area contributed by atoms with E-state index in [1.807, 2.05) is 6.92 Å². The lowest BCUT2D eigenvalue weighted by Crippen LogP contribution is -2.33. The Balaban J connectivity index is 1.52. The number of benzene rings is 1. The number of rotatable bonds is 5. The lowest BCUT2D eigenvalue weighted by Gasteiger charge is -2.17. The van der Waals surface area contributed by atoms with Gasteiger partial charge in [0.25, 0.3) is 5.91 Å². The first-order valence-electron chi connectivity index (χ1n) is 8.49. The van der Waals surface area contributed by atoms with E-state index < -0.39 is 11.9 Å². The van der Waals surface area contributed by atoms with E-state index in [1.54, 1.807) is 34.1 Å². The Kier molecular flexibility index (Phi) is 4.92. The highest BCUT2D eigenvalue weighted by atomic mass is 16.5. The summed E-state index contributed by atoms with van der Waals surface area (Å²) >= 11 is 0. The molecule has 1 N–H and O–H groups in total. The number of hydrogen-bond acceptors (Lipinski definition) is 4.